The Morgan fingerprint density at radius 3 is 2.48 bits per heavy atom. The third-order valence-electron chi connectivity index (χ3n) is 4.56. The lowest BCUT2D eigenvalue weighted by atomic mass is 9.95. The minimum absolute atomic E-state index is 0.0192. The maximum atomic E-state index is 12.8. The number of likely N-dealkylation sites (tertiary alicyclic amines) is 1. The van der Waals surface area contributed by atoms with Crippen LogP contribution in [0.15, 0.2) is 58.6 Å². The summed E-state index contributed by atoms with van der Waals surface area (Å²) >= 11 is 3.34. The number of hydrogen-bond acceptors (Lipinski definition) is 5. The van der Waals surface area contributed by atoms with Crippen molar-refractivity contribution in [1.82, 2.24) is 4.90 Å². The quantitative estimate of drug-likeness (QED) is 0.239. The molecule has 7 heteroatoms. The number of ether oxygens (including phenoxy) is 1. The molecule has 1 atom stereocenters. The lowest BCUT2D eigenvalue weighted by molar-refractivity contribution is -0.139. The molecule has 1 N–H and O–H groups in total. The Balaban J connectivity index is 2.16. The van der Waals surface area contributed by atoms with Gasteiger partial charge in [-0.2, -0.15) is 0 Å². The van der Waals surface area contributed by atoms with Gasteiger partial charge in [0.15, 0.2) is 0 Å². The van der Waals surface area contributed by atoms with Gasteiger partial charge < -0.3 is 14.7 Å². The van der Waals surface area contributed by atoms with Crippen LogP contribution < -0.4 is 4.74 Å². The molecule has 0 radical (unpaired) electrons. The molecule has 1 aliphatic heterocycles. The van der Waals surface area contributed by atoms with E-state index in [-0.39, 0.29) is 11.3 Å². The van der Waals surface area contributed by atoms with Crippen molar-refractivity contribution in [2.75, 3.05) is 6.54 Å². The van der Waals surface area contributed by atoms with Crippen molar-refractivity contribution in [3.05, 3.63) is 69.7 Å². The number of carbonyl (C=O) groups excluding carboxylic acids is 3. The van der Waals surface area contributed by atoms with Crippen LogP contribution in [-0.4, -0.2) is 34.2 Å². The van der Waals surface area contributed by atoms with E-state index in [1.807, 2.05) is 6.92 Å². The number of amides is 1. The molecule has 1 unspecified atom stereocenters. The van der Waals surface area contributed by atoms with Crippen LogP contribution in [0.4, 0.5) is 0 Å². The summed E-state index contributed by atoms with van der Waals surface area (Å²) in [5, 5.41) is 10.9. The normalized spacial score (nSPS) is 18.2. The third kappa shape index (κ3) is 4.24. The highest BCUT2D eigenvalue weighted by molar-refractivity contribution is 9.10. The summed E-state index contributed by atoms with van der Waals surface area (Å²) < 4.78 is 5.97. The van der Waals surface area contributed by atoms with E-state index in [1.165, 1.54) is 11.8 Å². The van der Waals surface area contributed by atoms with E-state index in [1.54, 1.807) is 48.5 Å². The van der Waals surface area contributed by atoms with Gasteiger partial charge in [-0.1, -0.05) is 47.1 Å². The van der Waals surface area contributed by atoms with Crippen molar-refractivity contribution in [3.8, 4) is 5.75 Å². The maximum absolute atomic E-state index is 12.8. The first-order valence-corrected chi connectivity index (χ1v) is 9.95. The minimum Gasteiger partial charge on any atom is -0.507 e. The molecule has 0 aromatic heterocycles. The van der Waals surface area contributed by atoms with Crippen LogP contribution in [0.5, 0.6) is 5.75 Å². The summed E-state index contributed by atoms with van der Waals surface area (Å²) in [4.78, 5) is 38.2. The Morgan fingerprint density at radius 1 is 1.17 bits per heavy atom. The van der Waals surface area contributed by atoms with Crippen molar-refractivity contribution >= 4 is 39.3 Å². The van der Waals surface area contributed by atoms with Gasteiger partial charge in [0.25, 0.3) is 11.7 Å². The monoisotopic (exact) mass is 457 g/mol. The number of aliphatic hydroxyl groups excluding tert-OH is 1. The van der Waals surface area contributed by atoms with Gasteiger partial charge in [0.1, 0.15) is 11.5 Å². The smallest absolute Gasteiger partial charge is 0.308 e. The zero-order chi connectivity index (χ0) is 21.1. The number of ketones is 1. The first-order valence-electron chi connectivity index (χ1n) is 9.16. The molecule has 6 nitrogen and oxygen atoms in total. The Labute approximate surface area is 176 Å². The van der Waals surface area contributed by atoms with Crippen LogP contribution in [-0.2, 0) is 14.4 Å². The van der Waals surface area contributed by atoms with Crippen molar-refractivity contribution in [1.29, 1.82) is 0 Å². The van der Waals surface area contributed by atoms with Crippen LogP contribution in [0.2, 0.25) is 0 Å². The number of carbonyl (C=O) groups is 3. The Kier molecular flexibility index (Phi) is 6.17. The second-order valence-corrected chi connectivity index (χ2v) is 7.58. The molecule has 0 aliphatic carbocycles. The number of aliphatic hydroxyl groups is 1. The Morgan fingerprint density at radius 2 is 1.86 bits per heavy atom. The molecule has 150 valence electrons. The molecule has 1 aliphatic rings. The standard InChI is InChI=1S/C22H20BrNO5/c1-3-11-24-19(15-5-4-6-17(12-15)29-13(2)25)18(21(27)22(24)28)20(26)14-7-9-16(23)10-8-14/h4-10,12,19,26H,3,11H2,1-2H3/b20-18-. The average molecular weight is 458 g/mol. The fourth-order valence-electron chi connectivity index (χ4n) is 3.38. The molecule has 2 aromatic carbocycles. The van der Waals surface area contributed by atoms with Crippen molar-refractivity contribution in [2.45, 2.75) is 26.3 Å². The number of esters is 1. The predicted molar refractivity (Wildman–Crippen MR) is 111 cm³/mol. The number of halogens is 1. The number of benzene rings is 2. The van der Waals surface area contributed by atoms with Crippen molar-refractivity contribution in [2.24, 2.45) is 0 Å². The summed E-state index contributed by atoms with van der Waals surface area (Å²) in [6, 6.07) is 12.7. The van der Waals surface area contributed by atoms with E-state index < -0.39 is 23.7 Å². The summed E-state index contributed by atoms with van der Waals surface area (Å²) in [5.74, 6) is -1.80. The lowest BCUT2D eigenvalue weighted by Gasteiger charge is -2.25. The highest BCUT2D eigenvalue weighted by Gasteiger charge is 2.45. The Bertz CT molecular complexity index is 997. The van der Waals surface area contributed by atoms with Gasteiger partial charge in [0.05, 0.1) is 11.6 Å². The predicted octanol–water partition coefficient (Wildman–Crippen LogP) is 4.21. The number of hydrogen-bond donors (Lipinski definition) is 1. The van der Waals surface area contributed by atoms with Crippen LogP contribution in [0.3, 0.4) is 0 Å². The highest BCUT2D eigenvalue weighted by atomic mass is 79.9. The van der Waals surface area contributed by atoms with Crippen molar-refractivity contribution in [3.63, 3.8) is 0 Å². The third-order valence-corrected chi connectivity index (χ3v) is 5.09. The van der Waals surface area contributed by atoms with E-state index in [2.05, 4.69) is 15.9 Å². The zero-order valence-corrected chi connectivity index (χ0v) is 17.6. The van der Waals surface area contributed by atoms with E-state index in [0.717, 1.165) is 4.47 Å². The van der Waals surface area contributed by atoms with Crippen LogP contribution >= 0.6 is 15.9 Å². The molecule has 0 saturated carbocycles. The average Bonchev–Trinajstić information content (AvgIpc) is 2.93. The number of rotatable bonds is 5. The maximum Gasteiger partial charge on any atom is 0.308 e. The van der Waals surface area contributed by atoms with Gasteiger partial charge in [0.2, 0.25) is 0 Å². The summed E-state index contributed by atoms with van der Waals surface area (Å²) in [7, 11) is 0. The van der Waals surface area contributed by atoms with Crippen LogP contribution in [0, 0.1) is 0 Å². The first-order chi connectivity index (χ1) is 13.8. The second kappa shape index (κ2) is 8.61. The largest absolute Gasteiger partial charge is 0.507 e. The van der Waals surface area contributed by atoms with Gasteiger partial charge in [-0.3, -0.25) is 14.4 Å². The molecule has 29 heavy (non-hydrogen) atoms. The summed E-state index contributed by atoms with van der Waals surface area (Å²) in [5.41, 5.74) is 1.03. The fraction of sp³-hybridized carbons (Fsp3) is 0.227. The molecule has 2 aromatic rings. The van der Waals surface area contributed by atoms with Gasteiger partial charge in [0, 0.05) is 23.5 Å². The summed E-state index contributed by atoms with van der Waals surface area (Å²) in [6.07, 6.45) is 0.644. The molecular weight excluding hydrogens is 438 g/mol. The first kappa shape index (κ1) is 20.8. The molecule has 1 fully saturated rings. The molecule has 3 rings (SSSR count). The SMILES string of the molecule is CCCN1C(=O)C(=O)/C(=C(\O)c2ccc(Br)cc2)C1c1cccc(OC(C)=O)c1. The van der Waals surface area contributed by atoms with Crippen LogP contribution in [0.1, 0.15) is 37.4 Å². The van der Waals surface area contributed by atoms with Gasteiger partial charge in [-0.15, -0.1) is 0 Å². The van der Waals surface area contributed by atoms with E-state index in [0.29, 0.717) is 29.8 Å². The number of nitrogens with zero attached hydrogens (tertiary/aromatic N) is 1. The second-order valence-electron chi connectivity index (χ2n) is 6.67. The van der Waals surface area contributed by atoms with Gasteiger partial charge >= 0.3 is 5.97 Å². The lowest BCUT2D eigenvalue weighted by Crippen LogP contribution is -2.30. The fourth-order valence-corrected chi connectivity index (χ4v) is 3.64. The molecule has 0 spiro atoms. The van der Waals surface area contributed by atoms with Gasteiger partial charge in [-0.05, 0) is 36.2 Å². The van der Waals surface area contributed by atoms with Crippen molar-refractivity contribution < 1.29 is 24.2 Å². The Hall–Kier alpha value is -2.93. The van der Waals surface area contributed by atoms with Gasteiger partial charge in [-0.25, -0.2) is 0 Å². The van der Waals surface area contributed by atoms with E-state index >= 15 is 0 Å². The molecule has 1 heterocycles. The topological polar surface area (TPSA) is 83.9 Å². The van der Waals surface area contributed by atoms with Crippen LogP contribution in [0.25, 0.3) is 5.76 Å². The molecule has 1 saturated heterocycles. The summed E-state index contributed by atoms with van der Waals surface area (Å²) in [6.45, 7) is 3.55. The number of Topliss-reactive ketones (excluding diaryl/α,β-unsaturated/α-hetero) is 1. The highest BCUT2D eigenvalue weighted by Crippen LogP contribution is 2.40. The minimum atomic E-state index is -0.769. The van der Waals surface area contributed by atoms with E-state index in [9.17, 15) is 19.5 Å². The zero-order valence-electron chi connectivity index (χ0n) is 16.0. The molecular formula is C22H20BrNO5. The molecule has 1 amide bonds. The van der Waals surface area contributed by atoms with E-state index in [4.69, 9.17) is 4.74 Å². The molecule has 0 bridgehead atoms.